The molecule has 0 aliphatic heterocycles. The Morgan fingerprint density at radius 3 is 0.782 bits per heavy atom. The summed E-state index contributed by atoms with van der Waals surface area (Å²) in [6, 6.07) is -0.541. The van der Waals surface area contributed by atoms with Crippen LogP contribution >= 0.6 is 0 Å². The zero-order valence-electron chi connectivity index (χ0n) is 53.4. The number of ether oxygens (including phenoxy) is 1. The van der Waals surface area contributed by atoms with Crippen molar-refractivity contribution in [1.29, 1.82) is 0 Å². The second kappa shape index (κ2) is 68.4. The van der Waals surface area contributed by atoms with Crippen molar-refractivity contribution < 1.29 is 24.5 Å². The van der Waals surface area contributed by atoms with Gasteiger partial charge in [-0.15, -0.1) is 0 Å². The maximum absolute atomic E-state index is 12.5. The van der Waals surface area contributed by atoms with Crippen LogP contribution in [0.15, 0.2) is 0 Å². The van der Waals surface area contributed by atoms with Crippen LogP contribution in [0.25, 0.3) is 0 Å². The topological polar surface area (TPSA) is 95.9 Å². The maximum atomic E-state index is 12.5. The maximum Gasteiger partial charge on any atom is 0.305 e. The van der Waals surface area contributed by atoms with E-state index in [0.717, 1.165) is 38.5 Å². The molecule has 0 spiro atoms. The number of aliphatic hydroxyl groups is 2. The first-order valence-electron chi connectivity index (χ1n) is 36.3. The molecular formula is C72H143NO5. The van der Waals surface area contributed by atoms with Crippen molar-refractivity contribution in [3.63, 3.8) is 0 Å². The summed E-state index contributed by atoms with van der Waals surface area (Å²) in [6.07, 6.45) is 83.0. The standard InChI is InChI=1S/C72H143NO5/c1-3-5-7-9-11-13-15-17-19-21-23-29-32-36-40-44-48-52-56-60-64-70(75)69(68-74)73-71(76)65-61-57-53-49-45-41-37-33-30-27-25-24-26-28-31-35-39-43-47-51-55-59-63-67-78-72(77)66-62-58-54-50-46-42-38-34-22-20-18-16-14-12-10-8-6-4-2/h69-70,74-75H,3-68H2,1-2H3,(H,73,76). The molecule has 0 aliphatic rings. The summed E-state index contributed by atoms with van der Waals surface area (Å²) in [5.41, 5.74) is 0. The molecule has 466 valence electrons. The summed E-state index contributed by atoms with van der Waals surface area (Å²) in [4.78, 5) is 24.7. The van der Waals surface area contributed by atoms with Crippen molar-refractivity contribution in [1.82, 2.24) is 5.32 Å². The molecule has 78 heavy (non-hydrogen) atoms. The molecule has 6 nitrogen and oxygen atoms in total. The average molecular weight is 1100 g/mol. The predicted molar refractivity (Wildman–Crippen MR) is 343 cm³/mol. The number of carbonyl (C=O) groups excluding carboxylic acids is 2. The number of rotatable bonds is 69. The Morgan fingerprint density at radius 2 is 0.526 bits per heavy atom. The van der Waals surface area contributed by atoms with Crippen LogP contribution in [0.5, 0.6) is 0 Å². The lowest BCUT2D eigenvalue weighted by atomic mass is 10.0. The van der Waals surface area contributed by atoms with Gasteiger partial charge in [-0.05, 0) is 25.7 Å². The minimum absolute atomic E-state index is 0.0205. The summed E-state index contributed by atoms with van der Waals surface area (Å²) in [7, 11) is 0. The minimum Gasteiger partial charge on any atom is -0.466 e. The van der Waals surface area contributed by atoms with E-state index in [0.29, 0.717) is 25.9 Å². The normalized spacial score (nSPS) is 12.4. The van der Waals surface area contributed by atoms with E-state index in [1.54, 1.807) is 0 Å². The third kappa shape index (κ3) is 64.0. The van der Waals surface area contributed by atoms with Gasteiger partial charge in [0.1, 0.15) is 0 Å². The van der Waals surface area contributed by atoms with Crippen molar-refractivity contribution in [2.45, 2.75) is 437 Å². The summed E-state index contributed by atoms with van der Waals surface area (Å²) >= 11 is 0. The van der Waals surface area contributed by atoms with Crippen LogP contribution in [-0.2, 0) is 14.3 Å². The number of unbranched alkanes of at least 4 members (excludes halogenated alkanes) is 58. The molecule has 2 atom stereocenters. The minimum atomic E-state index is -0.664. The molecule has 0 bridgehead atoms. The molecule has 0 fully saturated rings. The van der Waals surface area contributed by atoms with Crippen LogP contribution in [0, 0.1) is 0 Å². The number of hydrogen-bond acceptors (Lipinski definition) is 5. The van der Waals surface area contributed by atoms with Crippen LogP contribution in [-0.4, -0.2) is 47.4 Å². The smallest absolute Gasteiger partial charge is 0.305 e. The van der Waals surface area contributed by atoms with Crippen molar-refractivity contribution >= 4 is 11.9 Å². The van der Waals surface area contributed by atoms with Gasteiger partial charge in [-0.1, -0.05) is 386 Å². The summed E-state index contributed by atoms with van der Waals surface area (Å²) < 4.78 is 5.51. The number of amides is 1. The summed E-state index contributed by atoms with van der Waals surface area (Å²) in [6.45, 7) is 5.01. The summed E-state index contributed by atoms with van der Waals surface area (Å²) in [5, 5.41) is 23.4. The van der Waals surface area contributed by atoms with Gasteiger partial charge in [0.2, 0.25) is 5.91 Å². The third-order valence-corrected chi connectivity index (χ3v) is 17.4. The Kier molecular flexibility index (Phi) is 67.4. The molecule has 0 aromatic heterocycles. The van der Waals surface area contributed by atoms with E-state index >= 15 is 0 Å². The van der Waals surface area contributed by atoms with Gasteiger partial charge in [0.25, 0.3) is 0 Å². The molecule has 2 unspecified atom stereocenters. The highest BCUT2D eigenvalue weighted by molar-refractivity contribution is 5.76. The van der Waals surface area contributed by atoms with Crippen LogP contribution < -0.4 is 5.32 Å². The Balaban J connectivity index is 3.34. The van der Waals surface area contributed by atoms with E-state index in [-0.39, 0.29) is 18.5 Å². The van der Waals surface area contributed by atoms with E-state index in [9.17, 15) is 19.8 Å². The highest BCUT2D eigenvalue weighted by Gasteiger charge is 2.20. The van der Waals surface area contributed by atoms with Crippen LogP contribution in [0.1, 0.15) is 425 Å². The average Bonchev–Trinajstić information content (AvgIpc) is 3.44. The number of esters is 1. The third-order valence-electron chi connectivity index (χ3n) is 17.4. The molecule has 0 aromatic rings. The van der Waals surface area contributed by atoms with E-state index in [1.165, 1.54) is 353 Å². The van der Waals surface area contributed by atoms with Crippen LogP contribution in [0.4, 0.5) is 0 Å². The number of aliphatic hydroxyl groups excluding tert-OH is 2. The van der Waals surface area contributed by atoms with E-state index in [2.05, 4.69) is 19.2 Å². The van der Waals surface area contributed by atoms with Gasteiger partial charge in [-0.25, -0.2) is 0 Å². The Morgan fingerprint density at radius 1 is 0.308 bits per heavy atom. The SMILES string of the molecule is CCCCCCCCCCCCCCCCCCCCCCC(O)C(CO)NC(=O)CCCCCCCCCCCCCCCCCCCCCCCCCOC(=O)CCCCCCCCCCCCCCCCCCCC. The predicted octanol–water partition coefficient (Wildman–Crippen LogP) is 23.4. The fourth-order valence-electron chi connectivity index (χ4n) is 11.9. The molecule has 6 heteroatoms. The Bertz CT molecular complexity index is 1130. The molecule has 0 saturated carbocycles. The second-order valence-electron chi connectivity index (χ2n) is 25.3. The Labute approximate surface area is 489 Å². The monoisotopic (exact) mass is 1100 g/mol. The van der Waals surface area contributed by atoms with Crippen LogP contribution in [0.2, 0.25) is 0 Å². The summed E-state index contributed by atoms with van der Waals surface area (Å²) in [5.74, 6) is -0.00852. The van der Waals surface area contributed by atoms with Gasteiger partial charge in [0, 0.05) is 12.8 Å². The molecule has 0 aromatic carbocycles. The van der Waals surface area contributed by atoms with E-state index < -0.39 is 12.1 Å². The van der Waals surface area contributed by atoms with Gasteiger partial charge in [-0.3, -0.25) is 9.59 Å². The first kappa shape index (κ1) is 76.9. The lowest BCUT2D eigenvalue weighted by molar-refractivity contribution is -0.143. The highest BCUT2D eigenvalue weighted by Crippen LogP contribution is 2.20. The highest BCUT2D eigenvalue weighted by atomic mass is 16.5. The van der Waals surface area contributed by atoms with Crippen molar-refractivity contribution in [3.05, 3.63) is 0 Å². The number of nitrogens with one attached hydrogen (secondary N) is 1. The van der Waals surface area contributed by atoms with Gasteiger partial charge in [-0.2, -0.15) is 0 Å². The first-order valence-corrected chi connectivity index (χ1v) is 36.3. The lowest BCUT2D eigenvalue weighted by Gasteiger charge is -2.22. The fraction of sp³-hybridized carbons (Fsp3) is 0.972. The zero-order chi connectivity index (χ0) is 56.4. The van der Waals surface area contributed by atoms with E-state index in [4.69, 9.17) is 4.74 Å². The van der Waals surface area contributed by atoms with Gasteiger partial charge >= 0.3 is 5.97 Å². The molecule has 0 aliphatic carbocycles. The zero-order valence-corrected chi connectivity index (χ0v) is 53.4. The van der Waals surface area contributed by atoms with Crippen molar-refractivity contribution in [2.75, 3.05) is 13.2 Å². The number of carbonyl (C=O) groups is 2. The molecule has 1 amide bonds. The lowest BCUT2D eigenvalue weighted by Crippen LogP contribution is -2.45. The van der Waals surface area contributed by atoms with Crippen molar-refractivity contribution in [2.24, 2.45) is 0 Å². The van der Waals surface area contributed by atoms with Crippen molar-refractivity contribution in [3.8, 4) is 0 Å². The van der Waals surface area contributed by atoms with E-state index in [1.807, 2.05) is 0 Å². The van der Waals surface area contributed by atoms with Gasteiger partial charge < -0.3 is 20.3 Å². The molecule has 0 rings (SSSR count). The largest absolute Gasteiger partial charge is 0.466 e. The Hall–Kier alpha value is -1.14. The molecule has 0 radical (unpaired) electrons. The number of hydrogen-bond donors (Lipinski definition) is 3. The molecule has 0 heterocycles. The van der Waals surface area contributed by atoms with Gasteiger partial charge in [0.05, 0.1) is 25.4 Å². The quantitative estimate of drug-likeness (QED) is 0.0417. The molecular weight excluding hydrogens is 959 g/mol. The fourth-order valence-corrected chi connectivity index (χ4v) is 11.9. The molecule has 3 N–H and O–H groups in total. The van der Waals surface area contributed by atoms with Gasteiger partial charge in [0.15, 0.2) is 0 Å². The van der Waals surface area contributed by atoms with Crippen LogP contribution in [0.3, 0.4) is 0 Å². The molecule has 0 saturated heterocycles. The second-order valence-corrected chi connectivity index (χ2v) is 25.3. The first-order chi connectivity index (χ1) is 38.5.